The van der Waals surface area contributed by atoms with Gasteiger partial charge in [0, 0.05) is 57.3 Å². The Hall–Kier alpha value is -1.72. The minimum absolute atomic E-state index is 0.207. The van der Waals surface area contributed by atoms with E-state index in [-0.39, 0.29) is 11.8 Å². The molecule has 0 bridgehead atoms. The molecule has 0 aliphatic carbocycles. The number of anilines is 1. The van der Waals surface area contributed by atoms with E-state index in [0.29, 0.717) is 29.1 Å². The van der Waals surface area contributed by atoms with Gasteiger partial charge in [-0.15, -0.1) is 0 Å². The Kier molecular flexibility index (Phi) is 4.40. The molecule has 0 saturated carbocycles. The molecular weight excluding hydrogens is 371 g/mol. The first-order valence-corrected chi connectivity index (χ1v) is 9.70. The molecule has 3 heterocycles. The van der Waals surface area contributed by atoms with Crippen LogP contribution in [0.15, 0.2) is 18.3 Å². The molecule has 1 amide bonds. The summed E-state index contributed by atoms with van der Waals surface area (Å²) in [7, 11) is 3.98. The molecule has 26 heavy (non-hydrogen) atoms. The lowest BCUT2D eigenvalue weighted by atomic mass is 9.85. The zero-order chi connectivity index (χ0) is 18.6. The number of hydrogen-bond donors (Lipinski definition) is 0. The summed E-state index contributed by atoms with van der Waals surface area (Å²) in [6.45, 7) is 3.42. The van der Waals surface area contributed by atoms with Gasteiger partial charge in [0.1, 0.15) is 0 Å². The van der Waals surface area contributed by atoms with E-state index in [1.54, 1.807) is 4.68 Å². The summed E-state index contributed by atoms with van der Waals surface area (Å²) in [5, 5.41) is 5.71. The molecule has 7 heteroatoms. The zero-order valence-electron chi connectivity index (χ0n) is 15.2. The molecule has 2 aromatic rings. The molecule has 0 N–H and O–H groups in total. The lowest BCUT2D eigenvalue weighted by molar-refractivity contribution is -0.132. The third-order valence-corrected chi connectivity index (χ3v) is 6.45. The first-order valence-electron chi connectivity index (χ1n) is 8.94. The Labute approximate surface area is 163 Å². The van der Waals surface area contributed by atoms with Crippen LogP contribution in [0.25, 0.3) is 11.3 Å². The summed E-state index contributed by atoms with van der Waals surface area (Å²) in [5.74, 6) is 0.421. The van der Waals surface area contributed by atoms with Crippen molar-refractivity contribution in [2.24, 2.45) is 7.05 Å². The van der Waals surface area contributed by atoms with Gasteiger partial charge in [0.05, 0.1) is 21.4 Å². The molecule has 0 radical (unpaired) electrons. The Balaban J connectivity index is 1.87. The van der Waals surface area contributed by atoms with Crippen LogP contribution in [-0.4, -0.2) is 46.8 Å². The smallest absolute Gasteiger partial charge is 0.222 e. The summed E-state index contributed by atoms with van der Waals surface area (Å²) >= 11 is 13.1. The Morgan fingerprint density at radius 3 is 2.77 bits per heavy atom. The lowest BCUT2D eigenvalue weighted by Gasteiger charge is -2.37. The van der Waals surface area contributed by atoms with Crippen LogP contribution in [0.4, 0.5) is 5.69 Å². The molecule has 1 fully saturated rings. The van der Waals surface area contributed by atoms with Crippen molar-refractivity contribution in [3.8, 4) is 11.3 Å². The average molecular weight is 393 g/mol. The number of rotatable bonds is 2. The number of likely N-dealkylation sites (N-methyl/N-ethyl adjacent to an activating group) is 1. The Morgan fingerprint density at radius 1 is 1.35 bits per heavy atom. The van der Waals surface area contributed by atoms with E-state index in [2.05, 4.69) is 17.0 Å². The highest BCUT2D eigenvalue weighted by Crippen LogP contribution is 2.53. The largest absolute Gasteiger partial charge is 0.369 e. The van der Waals surface area contributed by atoms with E-state index in [1.165, 1.54) is 5.56 Å². The van der Waals surface area contributed by atoms with E-state index in [9.17, 15) is 4.79 Å². The van der Waals surface area contributed by atoms with Crippen molar-refractivity contribution in [1.29, 1.82) is 0 Å². The van der Waals surface area contributed by atoms with Crippen molar-refractivity contribution in [2.45, 2.75) is 31.7 Å². The number of piperidine rings is 1. The fourth-order valence-corrected chi connectivity index (χ4v) is 4.91. The Bertz CT molecular complexity index is 879. The number of carbonyl (C=O) groups excluding carboxylic acids is 1. The lowest BCUT2D eigenvalue weighted by Crippen LogP contribution is -2.47. The molecule has 1 aromatic heterocycles. The van der Waals surface area contributed by atoms with Crippen molar-refractivity contribution in [2.75, 3.05) is 25.0 Å². The molecule has 2 unspecified atom stereocenters. The predicted octanol–water partition coefficient (Wildman–Crippen LogP) is 3.94. The zero-order valence-corrected chi connectivity index (χ0v) is 16.7. The summed E-state index contributed by atoms with van der Waals surface area (Å²) in [5.41, 5.74) is 4.05. The average Bonchev–Trinajstić information content (AvgIpc) is 3.19. The fraction of sp³-hybridized carbons (Fsp3) is 0.474. The van der Waals surface area contributed by atoms with Gasteiger partial charge in [0.25, 0.3) is 0 Å². The minimum atomic E-state index is 0.207. The maximum atomic E-state index is 12.3. The van der Waals surface area contributed by atoms with Gasteiger partial charge in [-0.2, -0.15) is 5.10 Å². The van der Waals surface area contributed by atoms with E-state index in [4.69, 9.17) is 23.2 Å². The first-order chi connectivity index (χ1) is 12.4. The van der Waals surface area contributed by atoms with Crippen LogP contribution in [0.3, 0.4) is 0 Å². The number of likely N-dealkylation sites (tertiary alicyclic amines) is 1. The van der Waals surface area contributed by atoms with Crippen LogP contribution < -0.4 is 4.90 Å². The number of aromatic nitrogens is 2. The molecule has 5 nitrogen and oxygen atoms in total. The summed E-state index contributed by atoms with van der Waals surface area (Å²) in [4.78, 5) is 16.5. The van der Waals surface area contributed by atoms with Crippen LogP contribution in [0, 0.1) is 0 Å². The molecule has 1 aromatic carbocycles. The van der Waals surface area contributed by atoms with Crippen LogP contribution in [-0.2, 0) is 11.8 Å². The monoisotopic (exact) mass is 392 g/mol. The van der Waals surface area contributed by atoms with E-state index in [1.807, 2.05) is 37.2 Å². The molecule has 2 atom stereocenters. The van der Waals surface area contributed by atoms with E-state index < -0.39 is 0 Å². The van der Waals surface area contributed by atoms with Crippen molar-refractivity contribution in [1.82, 2.24) is 14.7 Å². The molecule has 1 saturated heterocycles. The molecule has 2 aliphatic heterocycles. The number of fused-ring (bicyclic) bond motifs is 3. The normalized spacial score (nSPS) is 21.7. The fourth-order valence-electron chi connectivity index (χ4n) is 4.42. The first kappa shape index (κ1) is 17.7. The molecule has 138 valence electrons. The highest BCUT2D eigenvalue weighted by molar-refractivity contribution is 6.44. The van der Waals surface area contributed by atoms with Crippen LogP contribution in [0.5, 0.6) is 0 Å². The van der Waals surface area contributed by atoms with Crippen molar-refractivity contribution >= 4 is 34.8 Å². The number of amides is 1. The van der Waals surface area contributed by atoms with Crippen molar-refractivity contribution < 1.29 is 4.79 Å². The summed E-state index contributed by atoms with van der Waals surface area (Å²) in [6.07, 6.45) is 3.39. The molecule has 2 aliphatic rings. The minimum Gasteiger partial charge on any atom is -0.369 e. The number of aryl methyl sites for hydroxylation is 1. The third kappa shape index (κ3) is 2.60. The number of benzene rings is 1. The van der Waals surface area contributed by atoms with Gasteiger partial charge >= 0.3 is 0 Å². The standard InChI is InChI=1S/C19H22Cl2N4O/c1-4-16(26)25-8-6-15-12(10-25)17-11(14-5-7-23(2)22-14)9-13(20)18(21)19(17)24(15)3/h5,7,9,12,15H,4,6,8,10H2,1-3H3. The van der Waals surface area contributed by atoms with E-state index >= 15 is 0 Å². The van der Waals surface area contributed by atoms with Gasteiger partial charge < -0.3 is 9.80 Å². The highest BCUT2D eigenvalue weighted by Gasteiger charge is 2.44. The maximum Gasteiger partial charge on any atom is 0.222 e. The van der Waals surface area contributed by atoms with Gasteiger partial charge in [-0.1, -0.05) is 30.1 Å². The second-order valence-corrected chi connectivity index (χ2v) is 7.91. The maximum absolute atomic E-state index is 12.3. The van der Waals surface area contributed by atoms with E-state index in [0.717, 1.165) is 29.9 Å². The molecule has 4 rings (SSSR count). The summed E-state index contributed by atoms with van der Waals surface area (Å²) in [6, 6.07) is 4.23. The van der Waals surface area contributed by atoms with Crippen LogP contribution in [0.1, 0.15) is 31.2 Å². The molecular formula is C19H22Cl2N4O. The predicted molar refractivity (Wildman–Crippen MR) is 105 cm³/mol. The number of carbonyl (C=O) groups is 1. The highest BCUT2D eigenvalue weighted by atomic mass is 35.5. The van der Waals surface area contributed by atoms with Gasteiger partial charge in [-0.05, 0) is 24.1 Å². The summed E-state index contributed by atoms with van der Waals surface area (Å²) < 4.78 is 1.79. The second kappa shape index (κ2) is 6.46. The van der Waals surface area contributed by atoms with Crippen molar-refractivity contribution in [3.63, 3.8) is 0 Å². The number of halogens is 2. The van der Waals surface area contributed by atoms with Crippen LogP contribution >= 0.6 is 23.2 Å². The van der Waals surface area contributed by atoms with Crippen LogP contribution in [0.2, 0.25) is 10.0 Å². The van der Waals surface area contributed by atoms with Gasteiger partial charge in [0.2, 0.25) is 5.91 Å². The topological polar surface area (TPSA) is 41.4 Å². The van der Waals surface area contributed by atoms with Gasteiger partial charge in [0.15, 0.2) is 0 Å². The SMILES string of the molecule is CCC(=O)N1CCC2C(C1)c1c(-c3ccn(C)n3)cc(Cl)c(Cl)c1N2C. The Morgan fingerprint density at radius 2 is 2.12 bits per heavy atom. The molecule has 0 spiro atoms. The second-order valence-electron chi connectivity index (χ2n) is 7.12. The van der Waals surface area contributed by atoms with Crippen molar-refractivity contribution in [3.05, 3.63) is 33.9 Å². The number of hydrogen-bond acceptors (Lipinski definition) is 3. The quantitative estimate of drug-likeness (QED) is 0.776. The van der Waals surface area contributed by atoms with Gasteiger partial charge in [-0.25, -0.2) is 0 Å². The third-order valence-electron chi connectivity index (χ3n) is 5.68. The van der Waals surface area contributed by atoms with Gasteiger partial charge in [-0.3, -0.25) is 9.48 Å². The number of nitrogens with zero attached hydrogens (tertiary/aromatic N) is 4.